The first-order valence-corrected chi connectivity index (χ1v) is 7.88. The van der Waals surface area contributed by atoms with Gasteiger partial charge in [0.2, 0.25) is 11.9 Å². The molecule has 6 nitrogen and oxygen atoms in total. The number of piperidine rings is 1. The molecule has 134 valence electrons. The smallest absolute Gasteiger partial charge is 0.363 e. The van der Waals surface area contributed by atoms with E-state index in [1.165, 1.54) is 4.90 Å². The van der Waals surface area contributed by atoms with Crippen LogP contribution in [0, 0.1) is 5.92 Å². The summed E-state index contributed by atoms with van der Waals surface area (Å²) in [5.41, 5.74) is -0.956. The molecule has 0 aromatic carbocycles. The van der Waals surface area contributed by atoms with Crippen molar-refractivity contribution in [3.63, 3.8) is 0 Å². The molecule has 0 spiro atoms. The van der Waals surface area contributed by atoms with E-state index in [1.807, 2.05) is 6.92 Å². The highest BCUT2D eigenvalue weighted by Gasteiger charge is 2.35. The Morgan fingerprint density at radius 2 is 1.96 bits per heavy atom. The molecule has 1 saturated heterocycles. The Morgan fingerprint density at radius 1 is 1.33 bits per heavy atom. The van der Waals surface area contributed by atoms with Crippen molar-refractivity contribution in [3.8, 4) is 0 Å². The number of alkyl halides is 3. The van der Waals surface area contributed by atoms with E-state index in [0.29, 0.717) is 32.5 Å². The van der Waals surface area contributed by atoms with Crippen LogP contribution in [0.3, 0.4) is 0 Å². The second-order valence-corrected chi connectivity index (χ2v) is 5.96. The number of nitrogens with zero attached hydrogens (tertiary/aromatic N) is 4. The lowest BCUT2D eigenvalue weighted by molar-refractivity contribution is -0.141. The van der Waals surface area contributed by atoms with E-state index in [0.717, 1.165) is 6.07 Å². The second-order valence-electron chi connectivity index (χ2n) is 5.96. The van der Waals surface area contributed by atoms with Gasteiger partial charge in [-0.05, 0) is 19.8 Å². The summed E-state index contributed by atoms with van der Waals surface area (Å²) in [5, 5.41) is 2.78. The first-order chi connectivity index (χ1) is 11.2. The van der Waals surface area contributed by atoms with Gasteiger partial charge in [-0.15, -0.1) is 0 Å². The van der Waals surface area contributed by atoms with Gasteiger partial charge < -0.3 is 15.1 Å². The van der Waals surface area contributed by atoms with Crippen LogP contribution in [0.1, 0.15) is 25.5 Å². The number of amides is 1. The van der Waals surface area contributed by atoms with Crippen LogP contribution in [0.5, 0.6) is 0 Å². The van der Waals surface area contributed by atoms with E-state index in [2.05, 4.69) is 15.3 Å². The quantitative estimate of drug-likeness (QED) is 0.903. The Morgan fingerprint density at radius 3 is 2.46 bits per heavy atom. The lowest BCUT2D eigenvalue weighted by atomic mass is 9.96. The van der Waals surface area contributed by atoms with Gasteiger partial charge in [0.15, 0.2) is 5.69 Å². The molecule has 24 heavy (non-hydrogen) atoms. The standard InChI is InChI=1S/C15H22F3N5O/c1-4-19-13(24)10-5-7-23(8-6-10)14-20-11(15(16,17)18)9-12(21-14)22(2)3/h9-10H,4-8H2,1-3H3,(H,19,24). The fourth-order valence-corrected chi connectivity index (χ4v) is 2.60. The van der Waals surface area contributed by atoms with E-state index in [-0.39, 0.29) is 23.6 Å². The van der Waals surface area contributed by atoms with E-state index in [1.54, 1.807) is 19.0 Å². The molecule has 1 amide bonds. The van der Waals surface area contributed by atoms with Gasteiger partial charge in [-0.25, -0.2) is 4.98 Å². The van der Waals surface area contributed by atoms with Crippen molar-refractivity contribution in [2.24, 2.45) is 5.92 Å². The van der Waals surface area contributed by atoms with Gasteiger partial charge in [0.05, 0.1) is 0 Å². The Hall–Kier alpha value is -2.06. The lowest BCUT2D eigenvalue weighted by Crippen LogP contribution is -2.41. The summed E-state index contributed by atoms with van der Waals surface area (Å²) in [6, 6.07) is 0.935. The first kappa shape index (κ1) is 18.3. The summed E-state index contributed by atoms with van der Waals surface area (Å²) in [6.07, 6.45) is -3.38. The van der Waals surface area contributed by atoms with Gasteiger partial charge in [0.25, 0.3) is 0 Å². The van der Waals surface area contributed by atoms with Crippen molar-refractivity contribution in [2.45, 2.75) is 25.9 Å². The van der Waals surface area contributed by atoms with Gasteiger partial charge >= 0.3 is 6.18 Å². The number of hydrogen-bond donors (Lipinski definition) is 1. The Kier molecular flexibility index (Phi) is 5.51. The summed E-state index contributed by atoms with van der Waals surface area (Å²) in [6.45, 7) is 3.33. The summed E-state index contributed by atoms with van der Waals surface area (Å²) in [4.78, 5) is 23.0. The van der Waals surface area contributed by atoms with Crippen LogP contribution in [-0.2, 0) is 11.0 Å². The van der Waals surface area contributed by atoms with Crippen LogP contribution < -0.4 is 15.1 Å². The highest BCUT2D eigenvalue weighted by molar-refractivity contribution is 5.78. The van der Waals surface area contributed by atoms with Gasteiger partial charge in [-0.1, -0.05) is 0 Å². The largest absolute Gasteiger partial charge is 0.433 e. The number of hydrogen-bond acceptors (Lipinski definition) is 5. The topological polar surface area (TPSA) is 61.4 Å². The summed E-state index contributed by atoms with van der Waals surface area (Å²) < 4.78 is 39.2. The lowest BCUT2D eigenvalue weighted by Gasteiger charge is -2.32. The zero-order chi connectivity index (χ0) is 17.9. The van der Waals surface area contributed by atoms with Crippen molar-refractivity contribution in [1.29, 1.82) is 0 Å². The van der Waals surface area contributed by atoms with Gasteiger partial charge in [0.1, 0.15) is 5.82 Å². The van der Waals surface area contributed by atoms with Crippen molar-refractivity contribution in [1.82, 2.24) is 15.3 Å². The normalized spacial score (nSPS) is 16.2. The van der Waals surface area contributed by atoms with E-state index >= 15 is 0 Å². The number of halogens is 3. The van der Waals surface area contributed by atoms with Crippen molar-refractivity contribution in [3.05, 3.63) is 11.8 Å². The number of anilines is 2. The van der Waals surface area contributed by atoms with Crippen molar-refractivity contribution in [2.75, 3.05) is 43.5 Å². The maximum absolute atomic E-state index is 13.1. The first-order valence-electron chi connectivity index (χ1n) is 7.88. The Bertz CT molecular complexity index is 583. The van der Waals surface area contributed by atoms with Crippen LogP contribution in [-0.4, -0.2) is 49.6 Å². The molecular weight excluding hydrogens is 323 g/mol. The third-order valence-electron chi connectivity index (χ3n) is 3.95. The number of carbonyl (C=O) groups is 1. The maximum Gasteiger partial charge on any atom is 0.433 e. The summed E-state index contributed by atoms with van der Waals surface area (Å²) in [5.74, 6) is 0.150. The van der Waals surface area contributed by atoms with Crippen LogP contribution in [0.2, 0.25) is 0 Å². The molecular formula is C15H22F3N5O. The SMILES string of the molecule is CCNC(=O)C1CCN(c2nc(N(C)C)cc(C(F)(F)F)n2)CC1. The Labute approximate surface area is 139 Å². The number of nitrogens with one attached hydrogen (secondary N) is 1. The van der Waals surface area contributed by atoms with E-state index < -0.39 is 11.9 Å². The molecule has 2 heterocycles. The summed E-state index contributed by atoms with van der Waals surface area (Å²) in [7, 11) is 3.27. The predicted molar refractivity (Wildman–Crippen MR) is 85.0 cm³/mol. The predicted octanol–water partition coefficient (Wildman–Crippen LogP) is 1.91. The fraction of sp³-hybridized carbons (Fsp3) is 0.667. The van der Waals surface area contributed by atoms with Crippen molar-refractivity contribution >= 4 is 17.7 Å². The average Bonchev–Trinajstić information content (AvgIpc) is 2.54. The molecule has 0 atom stereocenters. The third kappa shape index (κ3) is 4.27. The van der Waals surface area contributed by atoms with Crippen LogP contribution in [0.25, 0.3) is 0 Å². The molecule has 9 heteroatoms. The molecule has 0 radical (unpaired) electrons. The maximum atomic E-state index is 13.1. The van der Waals surface area contributed by atoms with Crippen molar-refractivity contribution < 1.29 is 18.0 Å². The molecule has 1 aromatic heterocycles. The van der Waals surface area contributed by atoms with Gasteiger partial charge in [-0.3, -0.25) is 4.79 Å². The number of aromatic nitrogens is 2. The molecule has 1 aliphatic rings. The fourth-order valence-electron chi connectivity index (χ4n) is 2.60. The number of carbonyl (C=O) groups excluding carboxylic acids is 1. The zero-order valence-corrected chi connectivity index (χ0v) is 14.0. The Balaban J connectivity index is 2.18. The van der Waals surface area contributed by atoms with E-state index in [9.17, 15) is 18.0 Å². The molecule has 0 unspecified atom stereocenters. The second kappa shape index (κ2) is 7.23. The molecule has 0 saturated carbocycles. The van der Waals surface area contributed by atoms with Crippen LogP contribution >= 0.6 is 0 Å². The molecule has 1 N–H and O–H groups in total. The molecule has 0 aliphatic carbocycles. The minimum absolute atomic E-state index is 0.00362. The molecule has 2 rings (SSSR count). The minimum atomic E-state index is -4.53. The minimum Gasteiger partial charge on any atom is -0.363 e. The van der Waals surface area contributed by atoms with Gasteiger partial charge in [0, 0.05) is 45.7 Å². The average molecular weight is 345 g/mol. The highest BCUT2D eigenvalue weighted by atomic mass is 19.4. The molecule has 0 bridgehead atoms. The van der Waals surface area contributed by atoms with E-state index in [4.69, 9.17) is 0 Å². The number of rotatable bonds is 4. The third-order valence-corrected chi connectivity index (χ3v) is 3.95. The monoisotopic (exact) mass is 345 g/mol. The zero-order valence-electron chi connectivity index (χ0n) is 14.0. The molecule has 1 fully saturated rings. The van der Waals surface area contributed by atoms with Crippen LogP contribution in [0.15, 0.2) is 6.07 Å². The summed E-state index contributed by atoms with van der Waals surface area (Å²) >= 11 is 0. The molecule has 1 aromatic rings. The van der Waals surface area contributed by atoms with Crippen LogP contribution in [0.4, 0.5) is 24.9 Å². The highest BCUT2D eigenvalue weighted by Crippen LogP contribution is 2.31. The van der Waals surface area contributed by atoms with Gasteiger partial charge in [-0.2, -0.15) is 18.2 Å². The molecule has 1 aliphatic heterocycles.